The Balaban J connectivity index is 0.00000106. The molecule has 0 saturated heterocycles. The predicted octanol–water partition coefficient (Wildman–Crippen LogP) is 4.16. The van der Waals surface area contributed by atoms with Gasteiger partial charge in [0.25, 0.3) is 0 Å². The number of aromatic nitrogens is 2. The molecule has 0 bridgehead atoms. The van der Waals surface area contributed by atoms with Crippen molar-refractivity contribution in [1.29, 1.82) is 0 Å². The van der Waals surface area contributed by atoms with Gasteiger partial charge in [0.15, 0.2) is 0 Å². The minimum Gasteiger partial charge on any atom is -0.481 e. The van der Waals surface area contributed by atoms with Crippen molar-refractivity contribution < 1.29 is 14.3 Å². The number of fused-ring (bicyclic) bond motifs is 1. The molecule has 21 heavy (non-hydrogen) atoms. The molecule has 0 fully saturated rings. The SMILES string of the molecule is CC.COc1cc2cc(C)n(C(=O)OC(C)(C)C)c2cn1. The maximum Gasteiger partial charge on any atom is 0.419 e. The molecule has 0 aliphatic heterocycles. The van der Waals surface area contributed by atoms with Crippen LogP contribution in [0.3, 0.4) is 0 Å². The first-order valence-electron chi connectivity index (χ1n) is 7.07. The molecule has 116 valence electrons. The van der Waals surface area contributed by atoms with Gasteiger partial charge in [-0.1, -0.05) is 13.8 Å². The summed E-state index contributed by atoms with van der Waals surface area (Å²) in [6.45, 7) is 11.4. The molecule has 5 heteroatoms. The molecule has 0 spiro atoms. The molecule has 0 saturated carbocycles. The van der Waals surface area contributed by atoms with E-state index in [-0.39, 0.29) is 0 Å². The average Bonchev–Trinajstić information content (AvgIpc) is 2.73. The van der Waals surface area contributed by atoms with Crippen molar-refractivity contribution in [2.24, 2.45) is 0 Å². The summed E-state index contributed by atoms with van der Waals surface area (Å²) >= 11 is 0. The fourth-order valence-corrected chi connectivity index (χ4v) is 1.89. The molecule has 0 aromatic carbocycles. The Labute approximate surface area is 125 Å². The number of rotatable bonds is 1. The van der Waals surface area contributed by atoms with Crippen LogP contribution in [0.1, 0.15) is 40.3 Å². The molecule has 0 N–H and O–H groups in total. The minimum absolute atomic E-state index is 0.396. The van der Waals surface area contributed by atoms with E-state index in [2.05, 4.69) is 4.98 Å². The Hall–Kier alpha value is -2.04. The predicted molar refractivity (Wildman–Crippen MR) is 84.0 cm³/mol. The molecule has 0 aliphatic rings. The Morgan fingerprint density at radius 3 is 2.38 bits per heavy atom. The van der Waals surface area contributed by atoms with Gasteiger partial charge >= 0.3 is 6.09 Å². The summed E-state index contributed by atoms with van der Waals surface area (Å²) in [5.41, 5.74) is 0.992. The van der Waals surface area contributed by atoms with Gasteiger partial charge in [-0.25, -0.2) is 14.3 Å². The third-order valence-corrected chi connectivity index (χ3v) is 2.63. The van der Waals surface area contributed by atoms with Gasteiger partial charge < -0.3 is 9.47 Å². The molecule has 0 radical (unpaired) electrons. The summed E-state index contributed by atoms with van der Waals surface area (Å²) in [7, 11) is 1.56. The van der Waals surface area contributed by atoms with E-state index in [1.807, 2.05) is 47.6 Å². The van der Waals surface area contributed by atoms with Crippen molar-refractivity contribution in [2.75, 3.05) is 7.11 Å². The number of carbonyl (C=O) groups is 1. The molecular formula is C16H24N2O3. The summed E-state index contributed by atoms with van der Waals surface area (Å²) in [5.74, 6) is 0.522. The second-order valence-electron chi connectivity index (χ2n) is 5.39. The Morgan fingerprint density at radius 2 is 1.86 bits per heavy atom. The standard InChI is InChI=1S/C14H18N2O3.C2H6/c1-9-6-10-7-12(18-5)15-8-11(10)16(9)13(17)19-14(2,3)4;1-2/h6-8H,1-5H3;1-2H3. The Kier molecular flexibility index (Phi) is 5.35. The lowest BCUT2D eigenvalue weighted by Gasteiger charge is -2.20. The van der Waals surface area contributed by atoms with E-state index in [1.165, 1.54) is 4.57 Å². The number of aryl methyl sites for hydroxylation is 1. The Morgan fingerprint density at radius 1 is 1.24 bits per heavy atom. The van der Waals surface area contributed by atoms with Crippen LogP contribution in [0.2, 0.25) is 0 Å². The fraction of sp³-hybridized carbons (Fsp3) is 0.500. The maximum absolute atomic E-state index is 12.2. The third-order valence-electron chi connectivity index (χ3n) is 2.63. The van der Waals surface area contributed by atoms with Crippen molar-refractivity contribution >= 4 is 17.0 Å². The highest BCUT2D eigenvalue weighted by molar-refractivity contribution is 5.90. The molecule has 0 unspecified atom stereocenters. The first kappa shape index (κ1) is 17.0. The van der Waals surface area contributed by atoms with Crippen LogP contribution in [-0.2, 0) is 4.74 Å². The van der Waals surface area contributed by atoms with Crippen molar-refractivity contribution in [3.05, 3.63) is 24.0 Å². The lowest BCUT2D eigenvalue weighted by molar-refractivity contribution is 0.0541. The van der Waals surface area contributed by atoms with Crippen LogP contribution in [0.15, 0.2) is 18.3 Å². The van der Waals surface area contributed by atoms with E-state index in [9.17, 15) is 4.79 Å². The first-order valence-corrected chi connectivity index (χ1v) is 7.07. The van der Waals surface area contributed by atoms with Gasteiger partial charge in [-0.3, -0.25) is 0 Å². The first-order chi connectivity index (χ1) is 9.81. The van der Waals surface area contributed by atoms with Gasteiger partial charge in [0.2, 0.25) is 5.88 Å². The zero-order valence-electron chi connectivity index (χ0n) is 13.9. The van der Waals surface area contributed by atoms with Crippen LogP contribution < -0.4 is 4.74 Å². The molecule has 2 heterocycles. The van der Waals surface area contributed by atoms with Crippen LogP contribution in [0.25, 0.3) is 10.9 Å². The quantitative estimate of drug-likeness (QED) is 0.792. The lowest BCUT2D eigenvalue weighted by atomic mass is 10.2. The van der Waals surface area contributed by atoms with Gasteiger partial charge in [-0.2, -0.15) is 0 Å². The summed E-state index contributed by atoms with van der Waals surface area (Å²) < 4.78 is 12.0. The van der Waals surface area contributed by atoms with Gasteiger partial charge in [-0.15, -0.1) is 0 Å². The van der Waals surface area contributed by atoms with Crippen LogP contribution >= 0.6 is 0 Å². The number of pyridine rings is 1. The lowest BCUT2D eigenvalue weighted by Crippen LogP contribution is -2.27. The number of ether oxygens (including phenoxy) is 2. The van der Waals surface area contributed by atoms with Crippen molar-refractivity contribution in [2.45, 2.75) is 47.1 Å². The van der Waals surface area contributed by atoms with E-state index in [1.54, 1.807) is 19.4 Å². The van der Waals surface area contributed by atoms with Gasteiger partial charge in [0, 0.05) is 17.1 Å². The van der Waals surface area contributed by atoms with Gasteiger partial charge in [0.05, 0.1) is 18.8 Å². The minimum atomic E-state index is -0.528. The second kappa shape index (κ2) is 6.61. The van der Waals surface area contributed by atoms with E-state index in [0.717, 1.165) is 11.1 Å². The molecular weight excluding hydrogens is 268 g/mol. The highest BCUT2D eigenvalue weighted by atomic mass is 16.6. The smallest absolute Gasteiger partial charge is 0.419 e. The number of methoxy groups -OCH3 is 1. The summed E-state index contributed by atoms with van der Waals surface area (Å²) in [4.78, 5) is 16.3. The summed E-state index contributed by atoms with van der Waals surface area (Å²) in [5, 5.41) is 0.898. The number of hydrogen-bond acceptors (Lipinski definition) is 4. The molecule has 2 aromatic rings. The van der Waals surface area contributed by atoms with E-state index < -0.39 is 11.7 Å². The van der Waals surface area contributed by atoms with E-state index in [0.29, 0.717) is 11.4 Å². The van der Waals surface area contributed by atoms with Crippen LogP contribution in [-0.4, -0.2) is 28.4 Å². The second-order valence-corrected chi connectivity index (χ2v) is 5.39. The van der Waals surface area contributed by atoms with Crippen LogP contribution in [0.5, 0.6) is 5.88 Å². The average molecular weight is 292 g/mol. The normalized spacial score (nSPS) is 10.8. The summed E-state index contributed by atoms with van der Waals surface area (Å²) in [6, 6.07) is 3.70. The van der Waals surface area contributed by atoms with E-state index in [4.69, 9.17) is 9.47 Å². The van der Waals surface area contributed by atoms with Crippen molar-refractivity contribution in [3.8, 4) is 5.88 Å². The third kappa shape index (κ3) is 3.97. The molecule has 2 rings (SSSR count). The zero-order valence-corrected chi connectivity index (χ0v) is 13.9. The fourth-order valence-electron chi connectivity index (χ4n) is 1.89. The number of nitrogens with zero attached hydrogens (tertiary/aromatic N) is 2. The highest BCUT2D eigenvalue weighted by Gasteiger charge is 2.21. The topological polar surface area (TPSA) is 53.4 Å². The summed E-state index contributed by atoms with van der Waals surface area (Å²) in [6.07, 6.45) is 1.22. The van der Waals surface area contributed by atoms with Crippen molar-refractivity contribution in [3.63, 3.8) is 0 Å². The molecule has 2 aromatic heterocycles. The maximum atomic E-state index is 12.2. The molecule has 0 amide bonds. The van der Waals surface area contributed by atoms with Crippen LogP contribution in [0.4, 0.5) is 4.79 Å². The van der Waals surface area contributed by atoms with E-state index >= 15 is 0 Å². The van der Waals surface area contributed by atoms with Crippen LogP contribution in [0, 0.1) is 6.92 Å². The molecule has 5 nitrogen and oxygen atoms in total. The van der Waals surface area contributed by atoms with Gasteiger partial charge in [-0.05, 0) is 33.8 Å². The molecule has 0 atom stereocenters. The monoisotopic (exact) mass is 292 g/mol. The number of hydrogen-bond donors (Lipinski definition) is 0. The molecule has 0 aliphatic carbocycles. The van der Waals surface area contributed by atoms with Crippen molar-refractivity contribution in [1.82, 2.24) is 9.55 Å². The highest BCUT2D eigenvalue weighted by Crippen LogP contribution is 2.23. The van der Waals surface area contributed by atoms with Gasteiger partial charge in [0.1, 0.15) is 5.60 Å². The number of carbonyl (C=O) groups excluding carboxylic acids is 1. The zero-order chi connectivity index (χ0) is 16.2. The Bertz CT molecular complexity index is 624. The largest absolute Gasteiger partial charge is 0.481 e.